The van der Waals surface area contributed by atoms with E-state index in [-0.39, 0.29) is 29.7 Å². The fourth-order valence-electron chi connectivity index (χ4n) is 4.24. The van der Waals surface area contributed by atoms with Crippen LogP contribution in [0.3, 0.4) is 0 Å². The summed E-state index contributed by atoms with van der Waals surface area (Å²) in [5, 5.41) is 0. The largest absolute Gasteiger partial charge is 0.465 e. The summed E-state index contributed by atoms with van der Waals surface area (Å²) in [6.07, 6.45) is 2.71. The second-order valence-corrected chi connectivity index (χ2v) is 11.5. The van der Waals surface area contributed by atoms with Gasteiger partial charge in [0.05, 0.1) is 21.7 Å². The predicted octanol–water partition coefficient (Wildman–Crippen LogP) is 3.88. The van der Waals surface area contributed by atoms with Gasteiger partial charge in [0.15, 0.2) is 4.80 Å². The predicted molar refractivity (Wildman–Crippen MR) is 135 cm³/mol. The summed E-state index contributed by atoms with van der Waals surface area (Å²) in [5.41, 5.74) is 2.11. The maximum Gasteiger partial charge on any atom is 0.326 e. The lowest BCUT2D eigenvalue weighted by molar-refractivity contribution is -0.143. The minimum atomic E-state index is -3.62. The number of aromatic nitrogens is 1. The van der Waals surface area contributed by atoms with Crippen molar-refractivity contribution < 1.29 is 22.7 Å². The molecular weight excluding hydrogens is 486 g/mol. The Hall–Kier alpha value is -2.82. The molecule has 0 N–H and O–H groups in total. The molecule has 1 aliphatic rings. The first kappa shape index (κ1) is 25.3. The molecule has 0 saturated carbocycles. The number of aryl methyl sites for hydroxylation is 1. The van der Waals surface area contributed by atoms with Crippen molar-refractivity contribution in [2.75, 3.05) is 13.2 Å². The van der Waals surface area contributed by atoms with Crippen molar-refractivity contribution in [2.24, 2.45) is 4.99 Å². The normalized spacial score (nSPS) is 17.6. The first-order valence-corrected chi connectivity index (χ1v) is 13.9. The Labute approximate surface area is 208 Å². The van der Waals surface area contributed by atoms with Gasteiger partial charge in [0.2, 0.25) is 10.0 Å². The number of nitrogens with zero attached hydrogens (tertiary/aromatic N) is 3. The maximum atomic E-state index is 13.1. The lowest BCUT2D eigenvalue weighted by Gasteiger charge is -2.32. The Morgan fingerprint density at radius 2 is 1.89 bits per heavy atom. The van der Waals surface area contributed by atoms with Crippen LogP contribution in [-0.4, -0.2) is 48.4 Å². The molecule has 2 aromatic carbocycles. The summed E-state index contributed by atoms with van der Waals surface area (Å²) in [5.74, 6) is -0.927. The molecule has 0 bridgehead atoms. The third-order valence-electron chi connectivity index (χ3n) is 6.08. The highest BCUT2D eigenvalue weighted by Crippen LogP contribution is 2.25. The average molecular weight is 516 g/mol. The summed E-state index contributed by atoms with van der Waals surface area (Å²) in [7, 11) is -3.62. The number of hydrogen-bond acceptors (Lipinski definition) is 6. The first-order valence-electron chi connectivity index (χ1n) is 11.7. The van der Waals surface area contributed by atoms with Gasteiger partial charge < -0.3 is 9.30 Å². The van der Waals surface area contributed by atoms with Crippen LogP contribution in [0.15, 0.2) is 52.4 Å². The van der Waals surface area contributed by atoms with Gasteiger partial charge in [0.25, 0.3) is 5.91 Å². The van der Waals surface area contributed by atoms with Crippen LogP contribution in [0.4, 0.5) is 0 Å². The number of rotatable bonds is 6. The zero-order chi connectivity index (χ0) is 25.2. The Kier molecular flexibility index (Phi) is 7.53. The SMILES string of the molecule is CCOC(=O)Cn1c(=NC(=O)c2ccc(S(=O)(=O)N3CCCC[C@H]3C)cc2)sc2cc(C)ccc21. The van der Waals surface area contributed by atoms with Crippen LogP contribution in [0.5, 0.6) is 0 Å². The molecular formula is C25H29N3O5S2. The van der Waals surface area contributed by atoms with E-state index in [0.717, 1.165) is 35.0 Å². The molecule has 1 aliphatic heterocycles. The Morgan fingerprint density at radius 1 is 1.14 bits per heavy atom. The number of carbonyl (C=O) groups excluding carboxylic acids is 2. The van der Waals surface area contributed by atoms with Crippen molar-refractivity contribution in [2.45, 2.75) is 57.5 Å². The summed E-state index contributed by atoms with van der Waals surface area (Å²) >= 11 is 1.31. The number of amides is 1. The number of piperidine rings is 1. The zero-order valence-corrected chi connectivity index (χ0v) is 21.7. The van der Waals surface area contributed by atoms with Gasteiger partial charge in [-0.25, -0.2) is 8.42 Å². The number of benzene rings is 2. The number of fused-ring (bicyclic) bond motifs is 1. The summed E-state index contributed by atoms with van der Waals surface area (Å²) in [4.78, 5) is 30.0. The number of hydrogen-bond donors (Lipinski definition) is 0. The summed E-state index contributed by atoms with van der Waals surface area (Å²) in [6.45, 7) is 6.34. The molecule has 0 aliphatic carbocycles. The van der Waals surface area contributed by atoms with Gasteiger partial charge in [-0.3, -0.25) is 9.59 Å². The molecule has 1 atom stereocenters. The Morgan fingerprint density at radius 3 is 2.57 bits per heavy atom. The Bertz CT molecular complexity index is 1420. The first-order chi connectivity index (χ1) is 16.7. The van der Waals surface area contributed by atoms with Crippen LogP contribution in [-0.2, 0) is 26.1 Å². The molecule has 1 fully saturated rings. The van der Waals surface area contributed by atoms with Gasteiger partial charge in [-0.15, -0.1) is 0 Å². The second kappa shape index (κ2) is 10.4. The molecule has 35 heavy (non-hydrogen) atoms. The van der Waals surface area contributed by atoms with E-state index in [1.54, 1.807) is 11.5 Å². The van der Waals surface area contributed by atoms with Gasteiger partial charge in [-0.1, -0.05) is 23.8 Å². The second-order valence-electron chi connectivity index (χ2n) is 8.65. The number of sulfonamides is 1. The minimum Gasteiger partial charge on any atom is -0.465 e. The minimum absolute atomic E-state index is 0.0449. The number of thiazole rings is 1. The summed E-state index contributed by atoms with van der Waals surface area (Å²) < 4.78 is 35.3. The average Bonchev–Trinajstić information content (AvgIpc) is 3.15. The molecule has 186 valence electrons. The van der Waals surface area contributed by atoms with E-state index in [1.807, 2.05) is 32.0 Å². The lowest BCUT2D eigenvalue weighted by atomic mass is 10.1. The van der Waals surface area contributed by atoms with Gasteiger partial charge in [-0.05, 0) is 75.6 Å². The third-order valence-corrected chi connectivity index (χ3v) is 9.15. The molecule has 2 heterocycles. The van der Waals surface area contributed by atoms with E-state index in [1.165, 1.54) is 39.9 Å². The van der Waals surface area contributed by atoms with Gasteiger partial charge in [-0.2, -0.15) is 9.30 Å². The van der Waals surface area contributed by atoms with Crippen molar-refractivity contribution in [3.8, 4) is 0 Å². The van der Waals surface area contributed by atoms with Crippen LogP contribution in [0.1, 0.15) is 49.0 Å². The van der Waals surface area contributed by atoms with Crippen LogP contribution in [0, 0.1) is 6.92 Å². The highest BCUT2D eigenvalue weighted by atomic mass is 32.2. The molecule has 1 aromatic heterocycles. The standard InChI is InChI=1S/C25H29N3O5S2/c1-4-33-23(29)16-27-21-13-8-17(2)15-22(21)34-25(27)26-24(30)19-9-11-20(12-10-19)35(31,32)28-14-6-5-7-18(28)3/h8-13,15,18H,4-7,14,16H2,1-3H3/t18-/m1/s1. The van der Waals surface area contributed by atoms with Gasteiger partial charge in [0.1, 0.15) is 6.54 Å². The van der Waals surface area contributed by atoms with E-state index in [2.05, 4.69) is 4.99 Å². The van der Waals surface area contributed by atoms with Crippen molar-refractivity contribution in [3.63, 3.8) is 0 Å². The maximum absolute atomic E-state index is 13.1. The highest BCUT2D eigenvalue weighted by molar-refractivity contribution is 7.89. The smallest absolute Gasteiger partial charge is 0.326 e. The lowest BCUT2D eigenvalue weighted by Crippen LogP contribution is -2.41. The van der Waals surface area contributed by atoms with E-state index in [0.29, 0.717) is 11.3 Å². The van der Waals surface area contributed by atoms with E-state index < -0.39 is 21.9 Å². The quantitative estimate of drug-likeness (QED) is 0.464. The molecule has 8 nitrogen and oxygen atoms in total. The van der Waals surface area contributed by atoms with Crippen LogP contribution in [0.25, 0.3) is 10.2 Å². The third kappa shape index (κ3) is 5.39. The fourth-order valence-corrected chi connectivity index (χ4v) is 7.06. The molecule has 1 saturated heterocycles. The molecule has 1 amide bonds. The van der Waals surface area contributed by atoms with Crippen molar-refractivity contribution in [3.05, 3.63) is 58.4 Å². The Balaban J connectivity index is 1.66. The topological polar surface area (TPSA) is 98.0 Å². The van der Waals surface area contributed by atoms with Crippen LogP contribution >= 0.6 is 11.3 Å². The van der Waals surface area contributed by atoms with E-state index in [9.17, 15) is 18.0 Å². The van der Waals surface area contributed by atoms with Gasteiger partial charge in [0, 0.05) is 18.2 Å². The number of esters is 1. The monoisotopic (exact) mass is 515 g/mol. The molecule has 0 radical (unpaired) electrons. The number of carbonyl (C=O) groups is 2. The zero-order valence-electron chi connectivity index (χ0n) is 20.1. The molecule has 3 aromatic rings. The van der Waals surface area contributed by atoms with Gasteiger partial charge >= 0.3 is 5.97 Å². The van der Waals surface area contributed by atoms with E-state index >= 15 is 0 Å². The van der Waals surface area contributed by atoms with Crippen molar-refractivity contribution in [1.82, 2.24) is 8.87 Å². The van der Waals surface area contributed by atoms with Crippen LogP contribution in [0.2, 0.25) is 0 Å². The highest BCUT2D eigenvalue weighted by Gasteiger charge is 2.31. The van der Waals surface area contributed by atoms with E-state index in [4.69, 9.17) is 4.74 Å². The fraction of sp³-hybridized carbons (Fsp3) is 0.400. The summed E-state index contributed by atoms with van der Waals surface area (Å²) in [6, 6.07) is 11.7. The molecule has 0 unspecified atom stereocenters. The number of ether oxygens (including phenoxy) is 1. The van der Waals surface area contributed by atoms with Crippen molar-refractivity contribution in [1.29, 1.82) is 0 Å². The molecule has 4 rings (SSSR count). The van der Waals surface area contributed by atoms with Crippen LogP contribution < -0.4 is 4.80 Å². The molecule has 10 heteroatoms. The van der Waals surface area contributed by atoms with Crippen molar-refractivity contribution >= 4 is 43.5 Å². The molecule has 0 spiro atoms.